The van der Waals surface area contributed by atoms with Crippen LogP contribution in [0.25, 0.3) is 0 Å². The summed E-state index contributed by atoms with van der Waals surface area (Å²) in [7, 11) is -2.09. The Morgan fingerprint density at radius 2 is 1.96 bits per heavy atom. The normalized spacial score (nSPS) is 31.7. The fraction of sp³-hybridized carbons (Fsp3) is 0.533. The van der Waals surface area contributed by atoms with Gasteiger partial charge in [-0.1, -0.05) is 0 Å². The summed E-state index contributed by atoms with van der Waals surface area (Å²) in [4.78, 5) is 4.35. The molecule has 0 fully saturated rings. The van der Waals surface area contributed by atoms with E-state index in [1.807, 2.05) is 0 Å². The predicted octanol–water partition coefficient (Wildman–Crippen LogP) is 1.20. The molecule has 6 nitrogen and oxygen atoms in total. The third kappa shape index (κ3) is 2.70. The quantitative estimate of drug-likeness (QED) is 0.802. The lowest BCUT2D eigenvalue weighted by Gasteiger charge is -2.44. The molecule has 1 aromatic carbocycles. The predicted molar refractivity (Wildman–Crippen MR) is 88.4 cm³/mol. The van der Waals surface area contributed by atoms with E-state index in [2.05, 4.69) is 4.99 Å². The largest absolute Gasteiger partial charge is 0.399 e. The first-order chi connectivity index (χ1) is 10.5. The number of nitrogens with two attached hydrogens (primary N) is 2. The lowest BCUT2D eigenvalue weighted by molar-refractivity contribution is 0.0246. The van der Waals surface area contributed by atoms with Gasteiger partial charge < -0.3 is 16.2 Å². The number of halogens is 1. The smallest absolute Gasteiger partial charge is 0.160 e. The number of nitrogen functional groups attached to an aromatic ring is 1. The summed E-state index contributed by atoms with van der Waals surface area (Å²) in [5.41, 5.74) is 11.2. The molecule has 1 aliphatic rings. The molecule has 2 rings (SSSR count). The third-order valence-electron chi connectivity index (χ3n) is 4.74. The molecule has 4 N–H and O–H groups in total. The van der Waals surface area contributed by atoms with Gasteiger partial charge in [0.2, 0.25) is 0 Å². The molecule has 3 atom stereocenters. The summed E-state index contributed by atoms with van der Waals surface area (Å²) < 4.78 is 42.7. The van der Waals surface area contributed by atoms with Crippen molar-refractivity contribution in [1.29, 1.82) is 0 Å². The highest BCUT2D eigenvalue weighted by Crippen LogP contribution is 2.43. The average Bonchev–Trinajstić information content (AvgIpc) is 2.44. The van der Waals surface area contributed by atoms with Gasteiger partial charge in [-0.3, -0.25) is 4.99 Å². The lowest BCUT2D eigenvalue weighted by atomic mass is 9.78. The molecule has 23 heavy (non-hydrogen) atoms. The summed E-state index contributed by atoms with van der Waals surface area (Å²) in [6.07, 6.45) is 0.500. The molecule has 0 radical (unpaired) electrons. The summed E-state index contributed by atoms with van der Waals surface area (Å²) in [6, 6.07) is 4.17. The molecule has 128 valence electrons. The van der Waals surface area contributed by atoms with Crippen molar-refractivity contribution in [3.05, 3.63) is 29.6 Å². The van der Waals surface area contributed by atoms with Gasteiger partial charge in [0.15, 0.2) is 9.84 Å². The van der Waals surface area contributed by atoms with E-state index in [-0.39, 0.29) is 17.8 Å². The number of benzene rings is 1. The van der Waals surface area contributed by atoms with Crippen LogP contribution < -0.4 is 11.5 Å². The van der Waals surface area contributed by atoms with Gasteiger partial charge in [0.25, 0.3) is 0 Å². The average molecular weight is 343 g/mol. The van der Waals surface area contributed by atoms with Crippen LogP contribution >= 0.6 is 0 Å². The van der Waals surface area contributed by atoms with Crippen LogP contribution in [0.15, 0.2) is 23.2 Å². The molecule has 0 bridgehead atoms. The Balaban J connectivity index is 2.70. The van der Waals surface area contributed by atoms with Crippen LogP contribution in [0.5, 0.6) is 0 Å². The fourth-order valence-electron chi connectivity index (χ4n) is 2.92. The molecule has 0 amide bonds. The maximum atomic E-state index is 14.3. The molecular formula is C15H22FN3O3S. The number of ether oxygens (including phenoxy) is 1. The number of methoxy groups -OCH3 is 1. The summed E-state index contributed by atoms with van der Waals surface area (Å²) in [6.45, 7) is 3.16. The van der Waals surface area contributed by atoms with E-state index in [0.717, 1.165) is 6.26 Å². The number of anilines is 1. The van der Waals surface area contributed by atoms with Crippen molar-refractivity contribution in [3.63, 3.8) is 0 Å². The molecule has 0 aromatic heterocycles. The molecule has 1 unspecified atom stereocenters. The highest BCUT2D eigenvalue weighted by atomic mass is 32.2. The van der Waals surface area contributed by atoms with E-state index in [9.17, 15) is 12.8 Å². The highest BCUT2D eigenvalue weighted by molar-refractivity contribution is 7.92. The van der Waals surface area contributed by atoms with E-state index in [4.69, 9.17) is 16.2 Å². The Kier molecular flexibility index (Phi) is 4.19. The number of aliphatic imine (C=N–C) groups is 1. The van der Waals surface area contributed by atoms with Crippen LogP contribution in [0.4, 0.5) is 10.1 Å². The van der Waals surface area contributed by atoms with Gasteiger partial charge in [0, 0.05) is 31.0 Å². The van der Waals surface area contributed by atoms with Gasteiger partial charge in [0.05, 0.1) is 6.10 Å². The molecule has 1 aromatic rings. The standard InChI is InChI=1S/C15H22FN3O3S/c1-14(23(4,20)21)8-12(22-3)15(2,19-13(14)18)10-7-9(17)5-6-11(10)16/h5-7,12H,8,17H2,1-4H3,(H2,18,19)/t12-,14?,15-/m1/s1. The zero-order chi connectivity index (χ0) is 17.6. The maximum Gasteiger partial charge on any atom is 0.160 e. The number of hydrogen-bond donors (Lipinski definition) is 2. The van der Waals surface area contributed by atoms with Crippen LogP contribution in [0.1, 0.15) is 25.8 Å². The molecule has 0 saturated carbocycles. The summed E-state index contributed by atoms with van der Waals surface area (Å²) in [5.74, 6) is -0.555. The Morgan fingerprint density at radius 3 is 2.48 bits per heavy atom. The number of hydrogen-bond acceptors (Lipinski definition) is 6. The molecular weight excluding hydrogens is 321 g/mol. The zero-order valence-corrected chi connectivity index (χ0v) is 14.4. The highest BCUT2D eigenvalue weighted by Gasteiger charge is 2.52. The van der Waals surface area contributed by atoms with Crippen molar-refractivity contribution < 1.29 is 17.5 Å². The Hall–Kier alpha value is -1.67. The number of amidine groups is 1. The molecule has 0 spiro atoms. The summed E-state index contributed by atoms with van der Waals surface area (Å²) >= 11 is 0. The second kappa shape index (κ2) is 5.45. The lowest BCUT2D eigenvalue weighted by Crippen LogP contribution is -2.58. The monoisotopic (exact) mass is 343 g/mol. The SMILES string of the molecule is CO[C@@H]1CC(C)(S(C)(=O)=O)C(N)=N[C@]1(C)c1cc(N)ccc1F. The van der Waals surface area contributed by atoms with Crippen LogP contribution in [0.2, 0.25) is 0 Å². The van der Waals surface area contributed by atoms with E-state index in [0.29, 0.717) is 5.69 Å². The molecule has 1 aliphatic heterocycles. The van der Waals surface area contributed by atoms with Gasteiger partial charge in [-0.05, 0) is 32.0 Å². The topological polar surface area (TPSA) is 108 Å². The Labute approximate surface area is 135 Å². The van der Waals surface area contributed by atoms with Gasteiger partial charge in [-0.2, -0.15) is 0 Å². The van der Waals surface area contributed by atoms with Crippen molar-refractivity contribution in [1.82, 2.24) is 0 Å². The minimum atomic E-state index is -3.52. The zero-order valence-electron chi connectivity index (χ0n) is 13.6. The minimum absolute atomic E-state index is 0.0578. The van der Waals surface area contributed by atoms with Crippen molar-refractivity contribution in [2.75, 3.05) is 19.1 Å². The Morgan fingerprint density at radius 1 is 1.35 bits per heavy atom. The molecule has 8 heteroatoms. The first-order valence-corrected chi connectivity index (χ1v) is 8.98. The Bertz CT molecular complexity index is 765. The van der Waals surface area contributed by atoms with Crippen LogP contribution in [0, 0.1) is 5.82 Å². The van der Waals surface area contributed by atoms with Crippen molar-refractivity contribution >= 4 is 21.4 Å². The second-order valence-electron chi connectivity index (χ2n) is 6.32. The van der Waals surface area contributed by atoms with E-state index < -0.39 is 32.0 Å². The first-order valence-electron chi connectivity index (χ1n) is 7.09. The minimum Gasteiger partial charge on any atom is -0.399 e. The number of sulfone groups is 1. The van der Waals surface area contributed by atoms with Gasteiger partial charge >= 0.3 is 0 Å². The van der Waals surface area contributed by atoms with E-state index in [1.165, 1.54) is 32.2 Å². The fourth-order valence-corrected chi connectivity index (χ4v) is 3.80. The maximum absolute atomic E-state index is 14.3. The van der Waals surface area contributed by atoms with Crippen molar-refractivity contribution in [2.45, 2.75) is 36.7 Å². The van der Waals surface area contributed by atoms with Gasteiger partial charge in [0.1, 0.15) is 21.9 Å². The van der Waals surface area contributed by atoms with Gasteiger partial charge in [-0.25, -0.2) is 12.8 Å². The van der Waals surface area contributed by atoms with Crippen molar-refractivity contribution in [2.24, 2.45) is 10.7 Å². The van der Waals surface area contributed by atoms with E-state index >= 15 is 0 Å². The van der Waals surface area contributed by atoms with Crippen LogP contribution in [-0.2, 0) is 20.1 Å². The second-order valence-corrected chi connectivity index (χ2v) is 8.76. The van der Waals surface area contributed by atoms with Crippen LogP contribution in [0.3, 0.4) is 0 Å². The number of rotatable bonds is 3. The van der Waals surface area contributed by atoms with Crippen LogP contribution in [-0.4, -0.2) is 38.5 Å². The van der Waals surface area contributed by atoms with Gasteiger partial charge in [-0.15, -0.1) is 0 Å². The molecule has 0 saturated heterocycles. The number of nitrogens with zero attached hydrogens (tertiary/aromatic N) is 1. The van der Waals surface area contributed by atoms with E-state index in [1.54, 1.807) is 6.92 Å². The molecule has 1 heterocycles. The first kappa shape index (κ1) is 17.7. The van der Waals surface area contributed by atoms with Crippen molar-refractivity contribution in [3.8, 4) is 0 Å². The molecule has 0 aliphatic carbocycles. The summed E-state index contributed by atoms with van der Waals surface area (Å²) in [5, 5.41) is 0. The third-order valence-corrected chi connectivity index (χ3v) is 6.75.